The average Bonchev–Trinajstić information content (AvgIpc) is 1.61. The Morgan fingerprint density at radius 2 is 0.675 bits per heavy atom. The zero-order valence-corrected chi connectivity index (χ0v) is 81.5. The molecule has 0 saturated carbocycles. The van der Waals surface area contributed by atoms with E-state index in [1.54, 1.807) is 18.6 Å². The van der Waals surface area contributed by atoms with Crippen molar-refractivity contribution >= 4 is 58.8 Å². The molecule has 0 bridgehead atoms. The van der Waals surface area contributed by atoms with Gasteiger partial charge in [0.15, 0.2) is 5.78 Å². The number of hydrogen-bond acceptors (Lipinski definition) is 24. The molecule has 0 aliphatic carbocycles. The number of pyridine rings is 3. The lowest BCUT2D eigenvalue weighted by Crippen LogP contribution is -2.65. The van der Waals surface area contributed by atoms with E-state index >= 15 is 0 Å². The van der Waals surface area contributed by atoms with Gasteiger partial charge in [-0.15, -0.1) is 0 Å². The van der Waals surface area contributed by atoms with Crippen LogP contribution in [-0.2, 0) is 59.0 Å². The summed E-state index contributed by atoms with van der Waals surface area (Å²) in [5.74, 6) is 0.0500. The van der Waals surface area contributed by atoms with E-state index in [0.29, 0.717) is 130 Å². The molecule has 3 aromatic rings. The Kier molecular flexibility index (Phi) is 33.3. The zero-order chi connectivity index (χ0) is 92.9. The molecule has 126 heavy (non-hydrogen) atoms. The number of nitrogens with zero attached hydrogens (tertiary/aromatic N) is 15. The molecule has 0 aromatic carbocycles. The summed E-state index contributed by atoms with van der Waals surface area (Å²) >= 11 is 0. The normalized spacial score (nSPS) is 27.3. The van der Waals surface area contributed by atoms with Gasteiger partial charge in [0, 0.05) is 209 Å². The number of ketones is 1. The number of anilines is 3. The monoisotopic (exact) mass is 1760 g/mol. The third-order valence-electron chi connectivity index (χ3n) is 26.3. The van der Waals surface area contributed by atoms with Crippen LogP contribution in [0.2, 0.25) is 0 Å². The number of aliphatic hydroxyl groups excluding tert-OH is 2. The summed E-state index contributed by atoms with van der Waals surface area (Å²) in [7, 11) is 0. The Morgan fingerprint density at radius 1 is 0.405 bits per heavy atom. The first-order valence-electron chi connectivity index (χ1n) is 46.9. The highest BCUT2D eigenvalue weighted by molar-refractivity contribution is 6.01. The number of aromatic nitrogens is 3. The van der Waals surface area contributed by atoms with Crippen molar-refractivity contribution in [2.24, 2.45) is 0 Å². The minimum Gasteiger partial charge on any atom is -0.444 e. The number of morpholine rings is 3. The van der Waals surface area contributed by atoms with Crippen molar-refractivity contribution in [1.82, 2.24) is 59.1 Å². The van der Waals surface area contributed by atoms with Gasteiger partial charge in [0.1, 0.15) is 16.8 Å². The molecule has 6 amide bonds. The molecule has 14 atom stereocenters. The number of piperazine rings is 3. The van der Waals surface area contributed by atoms with Gasteiger partial charge in [-0.25, -0.2) is 14.4 Å². The standard InChI is InChI=1S/2C32H53N5O5.C32H51N5O5/c3*1-10-11-27(38)24-12-26-29(33-13-24)32(8,9)20-37(26)28(39)17-34-14-21(2)36(30(40)42-31(5,6)7)16-25(34)15-35-22(3)18-41-19-23(35)4/h2*12-13,21-23,25,27,38H,10-11,14-20H2,1-9H3;12-13,21-23,25H,10-11,14-20H2,1-9H3/t2*21-,22-,23-,25+,27?;21-,22-,23-,25+/m111/s1. The lowest BCUT2D eigenvalue weighted by molar-refractivity contribution is -0.123. The van der Waals surface area contributed by atoms with Gasteiger partial charge in [-0.3, -0.25) is 63.5 Å². The van der Waals surface area contributed by atoms with Crippen molar-refractivity contribution in [3.8, 4) is 0 Å². The fourth-order valence-corrected chi connectivity index (χ4v) is 19.5. The molecule has 2 N–H and O–H groups in total. The zero-order valence-electron chi connectivity index (χ0n) is 81.5. The van der Waals surface area contributed by atoms with E-state index in [9.17, 15) is 43.8 Å². The molecule has 3 aromatic heterocycles. The van der Waals surface area contributed by atoms with E-state index in [1.807, 2.05) is 151 Å². The Morgan fingerprint density at radius 3 is 0.937 bits per heavy atom. The van der Waals surface area contributed by atoms with Gasteiger partial charge in [0.2, 0.25) is 17.7 Å². The van der Waals surface area contributed by atoms with Gasteiger partial charge in [-0.05, 0) is 162 Å². The van der Waals surface area contributed by atoms with Crippen LogP contribution >= 0.6 is 0 Å². The third kappa shape index (κ3) is 24.9. The number of Topliss-reactive ketones (excluding diaryl/α,β-unsaturated/α-hetero) is 1. The van der Waals surface area contributed by atoms with E-state index < -0.39 is 29.0 Å². The molecule has 30 heteroatoms. The van der Waals surface area contributed by atoms with Crippen LogP contribution in [0.25, 0.3) is 0 Å². The lowest BCUT2D eigenvalue weighted by Gasteiger charge is -2.49. The highest BCUT2D eigenvalue weighted by atomic mass is 16.6. The van der Waals surface area contributed by atoms with Crippen LogP contribution in [0.15, 0.2) is 36.8 Å². The van der Waals surface area contributed by atoms with Gasteiger partial charge < -0.3 is 68.0 Å². The van der Waals surface area contributed by atoms with Crippen LogP contribution in [0.1, 0.15) is 276 Å². The van der Waals surface area contributed by atoms with Crippen molar-refractivity contribution in [2.75, 3.05) is 153 Å². The number of hydrogen-bond donors (Lipinski definition) is 2. The molecular formula is C96H157N15O15. The molecule has 12 heterocycles. The van der Waals surface area contributed by atoms with Crippen molar-refractivity contribution in [3.63, 3.8) is 0 Å². The molecule has 0 radical (unpaired) electrons. The first-order valence-corrected chi connectivity index (χ1v) is 46.9. The number of amides is 6. The molecule has 2 unspecified atom stereocenters. The fraction of sp³-hybridized carbons (Fsp3) is 0.771. The van der Waals surface area contributed by atoms with E-state index in [2.05, 4.69) is 117 Å². The van der Waals surface area contributed by atoms with Crippen molar-refractivity contribution in [1.29, 1.82) is 0 Å². The first-order chi connectivity index (χ1) is 58.8. The van der Waals surface area contributed by atoms with Crippen LogP contribution in [0, 0.1) is 0 Å². The second kappa shape index (κ2) is 41.6. The summed E-state index contributed by atoms with van der Waals surface area (Å²) in [5, 5.41) is 21.3. The molecule has 6 fully saturated rings. The summed E-state index contributed by atoms with van der Waals surface area (Å²) < 4.78 is 34.6. The second-order valence-corrected chi connectivity index (χ2v) is 42.7. The van der Waals surface area contributed by atoms with Gasteiger partial charge in [-0.2, -0.15) is 0 Å². The smallest absolute Gasteiger partial charge is 0.410 e. The van der Waals surface area contributed by atoms with E-state index in [-0.39, 0.29) is 150 Å². The van der Waals surface area contributed by atoms with Gasteiger partial charge in [-0.1, -0.05) is 75.2 Å². The van der Waals surface area contributed by atoms with Crippen molar-refractivity contribution in [2.45, 2.75) is 343 Å². The van der Waals surface area contributed by atoms with E-state index in [0.717, 1.165) is 77.6 Å². The predicted octanol–water partition coefficient (Wildman–Crippen LogP) is 12.0. The minimum absolute atomic E-state index is 0.0109. The summed E-state index contributed by atoms with van der Waals surface area (Å²) in [6.45, 7) is 66.3. The topological polar surface area (TPSA) is 293 Å². The molecular weight excluding hydrogens is 1600 g/mol. The van der Waals surface area contributed by atoms with Gasteiger partial charge in [0.05, 0.1) is 106 Å². The Balaban J connectivity index is 0.000000197. The average molecular weight is 1760 g/mol. The number of carbonyl (C=O) groups excluding carboxylic acids is 7. The lowest BCUT2D eigenvalue weighted by atomic mass is 9.91. The Hall–Kier alpha value is -7.10. The highest BCUT2D eigenvalue weighted by Gasteiger charge is 2.49. The van der Waals surface area contributed by atoms with Crippen LogP contribution in [0.3, 0.4) is 0 Å². The van der Waals surface area contributed by atoms with E-state index in [4.69, 9.17) is 38.4 Å². The fourth-order valence-electron chi connectivity index (χ4n) is 19.5. The highest BCUT2D eigenvalue weighted by Crippen LogP contribution is 2.45. The molecule has 706 valence electrons. The number of carbonyl (C=O) groups is 7. The van der Waals surface area contributed by atoms with Crippen LogP contribution in [-0.4, -0.2) is 338 Å². The molecule has 6 saturated heterocycles. The maximum absolute atomic E-state index is 14.1. The molecule has 12 rings (SSSR count). The summed E-state index contributed by atoms with van der Waals surface area (Å²) in [4.78, 5) is 134. The van der Waals surface area contributed by atoms with Crippen molar-refractivity contribution in [3.05, 3.63) is 70.6 Å². The number of ether oxygens (including phenoxy) is 6. The number of aliphatic hydroxyl groups is 2. The molecule has 0 spiro atoms. The van der Waals surface area contributed by atoms with Crippen LogP contribution in [0.4, 0.5) is 31.4 Å². The SMILES string of the molecule is CCCC(=O)c1cnc2c(c1)N(C(=O)CN1C[C@@H](C)N(C(=O)OC(C)(C)C)C[C@@H]1CN1[C@H](C)COC[C@H]1C)CC2(C)C.CCCC(O)c1cnc2c(c1)N(C(=O)CN1C[C@@H](C)N(C(=O)OC(C)(C)C)C[C@@H]1CN1[C@H](C)COC[C@H]1C)CC2(C)C.CCCC(O)c1cnc2c(c1)N(C(=O)CN1C[C@@H](C)N(C(=O)OC(C)(C)C)C[C@@H]1CN1[C@H](C)COC[C@H]1C)CC2(C)C. The first kappa shape index (κ1) is 101. The molecule has 30 nitrogen and oxygen atoms in total. The summed E-state index contributed by atoms with van der Waals surface area (Å²) in [6.07, 6.45) is 7.27. The third-order valence-corrected chi connectivity index (χ3v) is 26.3. The summed E-state index contributed by atoms with van der Waals surface area (Å²) in [5.41, 5.74) is 4.34. The van der Waals surface area contributed by atoms with Gasteiger partial charge >= 0.3 is 18.3 Å². The van der Waals surface area contributed by atoms with E-state index in [1.165, 1.54) is 0 Å². The number of fused-ring (bicyclic) bond motifs is 3. The molecule has 9 aliphatic heterocycles. The predicted molar refractivity (Wildman–Crippen MR) is 490 cm³/mol. The second-order valence-electron chi connectivity index (χ2n) is 42.7. The summed E-state index contributed by atoms with van der Waals surface area (Å²) in [6, 6.07) is 6.69. The molecule has 9 aliphatic rings. The number of rotatable bonds is 21. The van der Waals surface area contributed by atoms with Gasteiger partial charge in [0.25, 0.3) is 0 Å². The van der Waals surface area contributed by atoms with Crippen LogP contribution in [0.5, 0.6) is 0 Å². The quantitative estimate of drug-likeness (QED) is 0.0740. The Bertz CT molecular complexity index is 4040. The van der Waals surface area contributed by atoms with Crippen molar-refractivity contribution < 1.29 is 72.2 Å². The maximum Gasteiger partial charge on any atom is 0.410 e. The minimum atomic E-state index is -0.600. The maximum atomic E-state index is 14.1. The van der Waals surface area contributed by atoms with Crippen LogP contribution < -0.4 is 14.7 Å². The largest absolute Gasteiger partial charge is 0.444 e. The Labute approximate surface area is 752 Å².